The fourth-order valence-electron chi connectivity index (χ4n) is 3.04. The van der Waals surface area contributed by atoms with Crippen LogP contribution in [0.25, 0.3) is 5.57 Å². The van der Waals surface area contributed by atoms with E-state index in [4.69, 9.17) is 9.47 Å². The first-order chi connectivity index (χ1) is 12.1. The second kappa shape index (κ2) is 7.43. The summed E-state index contributed by atoms with van der Waals surface area (Å²) in [5, 5.41) is 0. The molecule has 4 heteroatoms. The van der Waals surface area contributed by atoms with Gasteiger partial charge in [0.15, 0.2) is 0 Å². The summed E-state index contributed by atoms with van der Waals surface area (Å²) in [6, 6.07) is 13.8. The second-order valence-electron chi connectivity index (χ2n) is 6.03. The molecule has 0 aliphatic carbocycles. The lowest BCUT2D eigenvalue weighted by Crippen LogP contribution is -2.29. The zero-order valence-corrected chi connectivity index (χ0v) is 14.9. The maximum absolute atomic E-state index is 12.5. The monoisotopic (exact) mass is 337 g/mol. The van der Waals surface area contributed by atoms with Crippen LogP contribution in [0.2, 0.25) is 0 Å². The van der Waals surface area contributed by atoms with Crippen LogP contribution >= 0.6 is 0 Å². The van der Waals surface area contributed by atoms with E-state index in [0.717, 1.165) is 40.3 Å². The SMILES string of the molecule is CCOc1ccc(N2C=C(c3ccc(OC)cc3)CCC2=O)c(C)c1. The van der Waals surface area contributed by atoms with Crippen LogP contribution in [0.15, 0.2) is 48.7 Å². The van der Waals surface area contributed by atoms with Crippen molar-refractivity contribution in [1.82, 2.24) is 0 Å². The Bertz CT molecular complexity index is 793. The molecule has 0 bridgehead atoms. The summed E-state index contributed by atoms with van der Waals surface area (Å²) in [6.45, 7) is 4.59. The zero-order valence-electron chi connectivity index (χ0n) is 14.9. The number of methoxy groups -OCH3 is 1. The predicted octanol–water partition coefficient (Wildman–Crippen LogP) is 4.57. The van der Waals surface area contributed by atoms with E-state index in [2.05, 4.69) is 0 Å². The number of amides is 1. The van der Waals surface area contributed by atoms with Crippen molar-refractivity contribution >= 4 is 17.2 Å². The second-order valence-corrected chi connectivity index (χ2v) is 6.03. The minimum absolute atomic E-state index is 0.115. The van der Waals surface area contributed by atoms with Crippen molar-refractivity contribution < 1.29 is 14.3 Å². The Labute approximate surface area is 148 Å². The number of nitrogens with zero attached hydrogens (tertiary/aromatic N) is 1. The number of hydrogen-bond donors (Lipinski definition) is 0. The summed E-state index contributed by atoms with van der Waals surface area (Å²) >= 11 is 0. The number of allylic oxidation sites excluding steroid dienone is 1. The van der Waals surface area contributed by atoms with Crippen LogP contribution in [0, 0.1) is 6.92 Å². The van der Waals surface area contributed by atoms with Crippen LogP contribution < -0.4 is 14.4 Å². The lowest BCUT2D eigenvalue weighted by molar-refractivity contribution is -0.118. The average molecular weight is 337 g/mol. The van der Waals surface area contributed by atoms with Crippen LogP contribution in [0.4, 0.5) is 5.69 Å². The van der Waals surface area contributed by atoms with E-state index in [9.17, 15) is 4.79 Å². The molecule has 4 nitrogen and oxygen atoms in total. The number of carbonyl (C=O) groups excluding carboxylic acids is 1. The van der Waals surface area contributed by atoms with E-state index in [1.807, 2.05) is 62.5 Å². The maximum Gasteiger partial charge on any atom is 0.231 e. The molecule has 1 heterocycles. The van der Waals surface area contributed by atoms with Gasteiger partial charge in [0.2, 0.25) is 5.91 Å². The summed E-state index contributed by atoms with van der Waals surface area (Å²) in [7, 11) is 1.66. The minimum atomic E-state index is 0.115. The third-order valence-electron chi connectivity index (χ3n) is 4.36. The van der Waals surface area contributed by atoms with Crippen LogP contribution in [-0.2, 0) is 4.79 Å². The van der Waals surface area contributed by atoms with E-state index in [1.54, 1.807) is 12.0 Å². The van der Waals surface area contributed by atoms with Crippen molar-refractivity contribution in [3.05, 3.63) is 59.8 Å². The Morgan fingerprint density at radius 2 is 1.76 bits per heavy atom. The molecule has 0 unspecified atom stereocenters. The van der Waals surface area contributed by atoms with Crippen molar-refractivity contribution in [3.8, 4) is 11.5 Å². The van der Waals surface area contributed by atoms with Crippen molar-refractivity contribution in [2.45, 2.75) is 26.7 Å². The molecule has 0 fully saturated rings. The van der Waals surface area contributed by atoms with E-state index < -0.39 is 0 Å². The first kappa shape index (κ1) is 17.1. The predicted molar refractivity (Wildman–Crippen MR) is 100 cm³/mol. The summed E-state index contributed by atoms with van der Waals surface area (Å²) in [4.78, 5) is 14.2. The lowest BCUT2D eigenvalue weighted by Gasteiger charge is -2.27. The Morgan fingerprint density at radius 3 is 2.40 bits per heavy atom. The quantitative estimate of drug-likeness (QED) is 0.802. The molecule has 0 saturated heterocycles. The molecule has 25 heavy (non-hydrogen) atoms. The number of hydrogen-bond acceptors (Lipinski definition) is 3. The molecule has 0 N–H and O–H groups in total. The number of benzene rings is 2. The lowest BCUT2D eigenvalue weighted by atomic mass is 9.98. The van der Waals surface area contributed by atoms with Gasteiger partial charge in [-0.1, -0.05) is 12.1 Å². The van der Waals surface area contributed by atoms with E-state index in [0.29, 0.717) is 13.0 Å². The third-order valence-corrected chi connectivity index (χ3v) is 4.36. The van der Waals surface area contributed by atoms with Gasteiger partial charge in [-0.15, -0.1) is 0 Å². The van der Waals surface area contributed by atoms with Gasteiger partial charge in [-0.2, -0.15) is 0 Å². The Balaban J connectivity index is 1.92. The van der Waals surface area contributed by atoms with Gasteiger partial charge in [-0.3, -0.25) is 9.69 Å². The largest absolute Gasteiger partial charge is 0.497 e. The highest BCUT2D eigenvalue weighted by molar-refractivity contribution is 6.00. The number of rotatable bonds is 5. The van der Waals surface area contributed by atoms with Crippen molar-refractivity contribution in [3.63, 3.8) is 0 Å². The van der Waals surface area contributed by atoms with Gasteiger partial charge in [-0.25, -0.2) is 0 Å². The van der Waals surface area contributed by atoms with Gasteiger partial charge in [-0.05, 0) is 67.3 Å². The summed E-state index contributed by atoms with van der Waals surface area (Å²) < 4.78 is 10.8. The molecule has 130 valence electrons. The number of aryl methyl sites for hydroxylation is 1. The molecule has 2 aromatic rings. The van der Waals surface area contributed by atoms with Gasteiger partial charge in [0.25, 0.3) is 0 Å². The van der Waals surface area contributed by atoms with Crippen LogP contribution in [0.1, 0.15) is 30.9 Å². The molecule has 0 aromatic heterocycles. The highest BCUT2D eigenvalue weighted by Gasteiger charge is 2.22. The third kappa shape index (κ3) is 3.68. The van der Waals surface area contributed by atoms with Gasteiger partial charge in [0, 0.05) is 12.6 Å². The molecule has 3 rings (SSSR count). The number of ether oxygens (including phenoxy) is 2. The smallest absolute Gasteiger partial charge is 0.231 e. The summed E-state index contributed by atoms with van der Waals surface area (Å²) in [6.07, 6.45) is 3.21. The van der Waals surface area contributed by atoms with Crippen molar-refractivity contribution in [2.24, 2.45) is 0 Å². The Hall–Kier alpha value is -2.75. The topological polar surface area (TPSA) is 38.8 Å². The molecule has 0 atom stereocenters. The van der Waals surface area contributed by atoms with E-state index in [-0.39, 0.29) is 5.91 Å². The van der Waals surface area contributed by atoms with Gasteiger partial charge < -0.3 is 9.47 Å². The molecular weight excluding hydrogens is 314 g/mol. The Kier molecular flexibility index (Phi) is 5.08. The molecular formula is C21H23NO3. The Morgan fingerprint density at radius 1 is 1.04 bits per heavy atom. The molecule has 0 spiro atoms. The van der Waals surface area contributed by atoms with Crippen LogP contribution in [0.3, 0.4) is 0 Å². The molecule has 0 radical (unpaired) electrons. The van der Waals surface area contributed by atoms with Crippen LogP contribution in [-0.4, -0.2) is 19.6 Å². The standard InChI is InChI=1S/C21H23NO3/c1-4-25-19-10-11-20(15(2)13-19)22-14-17(7-12-21(22)23)16-5-8-18(24-3)9-6-16/h5-6,8-11,13-14H,4,7,12H2,1-3H3. The summed E-state index contributed by atoms with van der Waals surface area (Å²) in [5.41, 5.74) is 4.18. The normalized spacial score (nSPS) is 14.3. The van der Waals surface area contributed by atoms with Gasteiger partial charge in [0.05, 0.1) is 19.4 Å². The average Bonchev–Trinajstić information content (AvgIpc) is 2.63. The van der Waals surface area contributed by atoms with Gasteiger partial charge >= 0.3 is 0 Å². The highest BCUT2D eigenvalue weighted by Crippen LogP contribution is 2.32. The number of carbonyl (C=O) groups is 1. The van der Waals surface area contributed by atoms with Crippen molar-refractivity contribution in [2.75, 3.05) is 18.6 Å². The molecule has 2 aromatic carbocycles. The fraction of sp³-hybridized carbons (Fsp3) is 0.286. The highest BCUT2D eigenvalue weighted by atomic mass is 16.5. The summed E-state index contributed by atoms with van der Waals surface area (Å²) in [5.74, 6) is 1.77. The fourth-order valence-corrected chi connectivity index (χ4v) is 3.04. The van der Waals surface area contributed by atoms with E-state index >= 15 is 0 Å². The molecule has 1 aliphatic heterocycles. The first-order valence-electron chi connectivity index (χ1n) is 8.53. The minimum Gasteiger partial charge on any atom is -0.497 e. The number of anilines is 1. The van der Waals surface area contributed by atoms with Crippen LogP contribution in [0.5, 0.6) is 11.5 Å². The van der Waals surface area contributed by atoms with E-state index in [1.165, 1.54) is 0 Å². The van der Waals surface area contributed by atoms with Crippen molar-refractivity contribution in [1.29, 1.82) is 0 Å². The molecule has 1 aliphatic rings. The van der Waals surface area contributed by atoms with Gasteiger partial charge in [0.1, 0.15) is 11.5 Å². The first-order valence-corrected chi connectivity index (χ1v) is 8.53. The molecule has 1 amide bonds. The maximum atomic E-state index is 12.5. The molecule has 0 saturated carbocycles. The zero-order chi connectivity index (χ0) is 17.8.